The second kappa shape index (κ2) is 5.15. The Bertz CT molecular complexity index is 245. The van der Waals surface area contributed by atoms with Gasteiger partial charge in [0.05, 0.1) is 12.5 Å². The minimum Gasteiger partial charge on any atom is -0.466 e. The van der Waals surface area contributed by atoms with Gasteiger partial charge >= 0.3 is 5.97 Å². The van der Waals surface area contributed by atoms with Crippen molar-refractivity contribution in [3.63, 3.8) is 0 Å². The van der Waals surface area contributed by atoms with Crippen molar-refractivity contribution in [3.8, 4) is 0 Å². The highest BCUT2D eigenvalue weighted by atomic mass is 16.5. The predicted molar refractivity (Wildman–Crippen MR) is 62.1 cm³/mol. The number of likely N-dealkylation sites (tertiary alicyclic amines) is 1. The number of rotatable bonds is 4. The average molecular weight is 226 g/mol. The van der Waals surface area contributed by atoms with Crippen molar-refractivity contribution < 1.29 is 9.53 Å². The number of ether oxygens (including phenoxy) is 1. The van der Waals surface area contributed by atoms with Gasteiger partial charge in [0.15, 0.2) is 0 Å². The first-order valence-corrected chi connectivity index (χ1v) is 6.30. The first kappa shape index (κ1) is 11.9. The van der Waals surface area contributed by atoms with Gasteiger partial charge in [-0.2, -0.15) is 0 Å². The van der Waals surface area contributed by atoms with E-state index < -0.39 is 0 Å². The van der Waals surface area contributed by atoms with Crippen LogP contribution in [-0.2, 0) is 9.53 Å². The summed E-state index contributed by atoms with van der Waals surface area (Å²) in [7, 11) is 0. The molecule has 3 atom stereocenters. The fraction of sp³-hybridized carbons (Fsp3) is 0.917. The molecule has 2 saturated heterocycles. The van der Waals surface area contributed by atoms with Crippen LogP contribution in [0.1, 0.15) is 13.8 Å². The van der Waals surface area contributed by atoms with E-state index in [2.05, 4.69) is 10.2 Å². The zero-order chi connectivity index (χ0) is 11.5. The maximum atomic E-state index is 11.5. The van der Waals surface area contributed by atoms with Crippen LogP contribution in [0.5, 0.6) is 0 Å². The lowest BCUT2D eigenvalue weighted by Crippen LogP contribution is -2.33. The number of fused-ring (bicyclic) bond motifs is 1. The number of esters is 1. The molecule has 2 aliphatic rings. The van der Waals surface area contributed by atoms with Gasteiger partial charge in [0, 0.05) is 19.6 Å². The molecule has 0 aromatic rings. The summed E-state index contributed by atoms with van der Waals surface area (Å²) in [6.07, 6.45) is 0. The quantitative estimate of drug-likeness (QED) is 0.702. The molecule has 92 valence electrons. The highest BCUT2D eigenvalue weighted by Gasteiger charge is 2.36. The lowest BCUT2D eigenvalue weighted by Gasteiger charge is -2.20. The van der Waals surface area contributed by atoms with Crippen LogP contribution in [0, 0.1) is 17.8 Å². The SMILES string of the molecule is CCOC(=O)C(C)CN1C[C@H]2CNC[C@H]2C1. The minimum atomic E-state index is -0.0577. The molecule has 0 amide bonds. The number of nitrogens with one attached hydrogen (secondary N) is 1. The Labute approximate surface area is 97.3 Å². The number of hydrogen-bond donors (Lipinski definition) is 1. The van der Waals surface area contributed by atoms with Gasteiger partial charge in [-0.15, -0.1) is 0 Å². The summed E-state index contributed by atoms with van der Waals surface area (Å²) in [5.74, 6) is 1.55. The Hall–Kier alpha value is -0.610. The summed E-state index contributed by atoms with van der Waals surface area (Å²) in [4.78, 5) is 13.9. The van der Waals surface area contributed by atoms with Crippen molar-refractivity contribution in [1.82, 2.24) is 10.2 Å². The minimum absolute atomic E-state index is 0.00624. The zero-order valence-electron chi connectivity index (χ0n) is 10.2. The second-order valence-corrected chi connectivity index (χ2v) is 5.05. The molecule has 2 aliphatic heterocycles. The van der Waals surface area contributed by atoms with Crippen LogP contribution in [0.15, 0.2) is 0 Å². The van der Waals surface area contributed by atoms with Crippen LogP contribution in [-0.4, -0.2) is 50.2 Å². The van der Waals surface area contributed by atoms with E-state index in [4.69, 9.17) is 4.74 Å². The van der Waals surface area contributed by atoms with Gasteiger partial charge in [-0.3, -0.25) is 4.79 Å². The van der Waals surface area contributed by atoms with Crippen molar-refractivity contribution >= 4 is 5.97 Å². The third-order valence-corrected chi connectivity index (χ3v) is 3.69. The fourth-order valence-electron chi connectivity index (χ4n) is 2.85. The molecule has 0 aliphatic carbocycles. The molecule has 0 aromatic heterocycles. The summed E-state index contributed by atoms with van der Waals surface area (Å²) in [6.45, 7) is 9.73. The third kappa shape index (κ3) is 2.55. The lowest BCUT2D eigenvalue weighted by atomic mass is 10.0. The van der Waals surface area contributed by atoms with E-state index >= 15 is 0 Å². The summed E-state index contributed by atoms with van der Waals surface area (Å²) in [5, 5.41) is 3.42. The van der Waals surface area contributed by atoms with Crippen molar-refractivity contribution in [2.24, 2.45) is 17.8 Å². The highest BCUT2D eigenvalue weighted by Crippen LogP contribution is 2.26. The number of hydrogen-bond acceptors (Lipinski definition) is 4. The topological polar surface area (TPSA) is 41.6 Å². The van der Waals surface area contributed by atoms with E-state index in [1.54, 1.807) is 0 Å². The van der Waals surface area contributed by atoms with Gasteiger partial charge in [0.25, 0.3) is 0 Å². The molecule has 2 fully saturated rings. The summed E-state index contributed by atoms with van der Waals surface area (Å²) in [6, 6.07) is 0. The molecule has 0 radical (unpaired) electrons. The molecule has 1 unspecified atom stereocenters. The van der Waals surface area contributed by atoms with Gasteiger partial charge in [-0.05, 0) is 31.8 Å². The second-order valence-electron chi connectivity index (χ2n) is 5.05. The lowest BCUT2D eigenvalue weighted by molar-refractivity contribution is -0.147. The van der Waals surface area contributed by atoms with Crippen molar-refractivity contribution in [2.75, 3.05) is 39.3 Å². The molecule has 0 saturated carbocycles. The van der Waals surface area contributed by atoms with Gasteiger partial charge in [0.2, 0.25) is 0 Å². The van der Waals surface area contributed by atoms with Gasteiger partial charge in [-0.1, -0.05) is 6.92 Å². The molecule has 0 aromatic carbocycles. The van der Waals surface area contributed by atoms with Gasteiger partial charge in [0.1, 0.15) is 0 Å². The van der Waals surface area contributed by atoms with E-state index in [9.17, 15) is 4.79 Å². The molecule has 16 heavy (non-hydrogen) atoms. The molecular weight excluding hydrogens is 204 g/mol. The Morgan fingerprint density at radius 3 is 2.62 bits per heavy atom. The summed E-state index contributed by atoms with van der Waals surface area (Å²) < 4.78 is 5.03. The van der Waals surface area contributed by atoms with Crippen LogP contribution in [0.25, 0.3) is 0 Å². The normalized spacial score (nSPS) is 31.4. The highest BCUT2D eigenvalue weighted by molar-refractivity contribution is 5.72. The first-order chi connectivity index (χ1) is 7.70. The largest absolute Gasteiger partial charge is 0.466 e. The van der Waals surface area contributed by atoms with E-state index in [0.717, 1.165) is 44.6 Å². The number of carbonyl (C=O) groups excluding carboxylic acids is 1. The molecule has 2 heterocycles. The number of nitrogens with zero attached hydrogens (tertiary/aromatic N) is 1. The van der Waals surface area contributed by atoms with E-state index in [-0.39, 0.29) is 11.9 Å². The summed E-state index contributed by atoms with van der Waals surface area (Å²) in [5.41, 5.74) is 0. The maximum absolute atomic E-state index is 11.5. The standard InChI is InChI=1S/C12H22N2O2/c1-3-16-12(15)9(2)6-14-7-10-4-13-5-11(10)8-14/h9-11,13H,3-8H2,1-2H3/t9?,10-,11+. The van der Waals surface area contributed by atoms with Crippen LogP contribution in [0.2, 0.25) is 0 Å². The maximum Gasteiger partial charge on any atom is 0.309 e. The Kier molecular flexibility index (Phi) is 3.82. The van der Waals surface area contributed by atoms with Crippen molar-refractivity contribution in [2.45, 2.75) is 13.8 Å². The Balaban J connectivity index is 1.76. The first-order valence-electron chi connectivity index (χ1n) is 6.30. The molecule has 4 heteroatoms. The average Bonchev–Trinajstić information content (AvgIpc) is 2.78. The van der Waals surface area contributed by atoms with Crippen LogP contribution in [0.4, 0.5) is 0 Å². The summed E-state index contributed by atoms with van der Waals surface area (Å²) >= 11 is 0. The molecule has 0 spiro atoms. The monoisotopic (exact) mass is 226 g/mol. The number of carbonyl (C=O) groups is 1. The smallest absolute Gasteiger partial charge is 0.309 e. The van der Waals surface area contributed by atoms with Crippen molar-refractivity contribution in [1.29, 1.82) is 0 Å². The molecular formula is C12H22N2O2. The molecule has 4 nitrogen and oxygen atoms in total. The Morgan fingerprint density at radius 2 is 2.06 bits per heavy atom. The molecule has 0 bridgehead atoms. The van der Waals surface area contributed by atoms with E-state index in [1.165, 1.54) is 0 Å². The third-order valence-electron chi connectivity index (χ3n) is 3.69. The van der Waals surface area contributed by atoms with Crippen LogP contribution >= 0.6 is 0 Å². The van der Waals surface area contributed by atoms with E-state index in [1.807, 2.05) is 13.8 Å². The zero-order valence-corrected chi connectivity index (χ0v) is 10.2. The van der Waals surface area contributed by atoms with Gasteiger partial charge < -0.3 is 15.0 Å². The Morgan fingerprint density at radius 1 is 1.44 bits per heavy atom. The fourth-order valence-corrected chi connectivity index (χ4v) is 2.85. The molecule has 1 N–H and O–H groups in total. The van der Waals surface area contributed by atoms with Crippen LogP contribution < -0.4 is 5.32 Å². The van der Waals surface area contributed by atoms with Gasteiger partial charge in [-0.25, -0.2) is 0 Å². The predicted octanol–water partition coefficient (Wildman–Crippen LogP) is 0.337. The van der Waals surface area contributed by atoms with Crippen LogP contribution in [0.3, 0.4) is 0 Å². The van der Waals surface area contributed by atoms with E-state index in [0.29, 0.717) is 6.61 Å². The molecule has 2 rings (SSSR count). The van der Waals surface area contributed by atoms with Crippen molar-refractivity contribution in [3.05, 3.63) is 0 Å².